The van der Waals surface area contributed by atoms with Crippen molar-refractivity contribution in [3.8, 4) is 5.75 Å². The number of rotatable bonds is 4. The molecule has 1 aromatic carbocycles. The third-order valence-electron chi connectivity index (χ3n) is 5.52. The summed E-state index contributed by atoms with van der Waals surface area (Å²) in [6, 6.07) is 6.20. The second-order valence-electron chi connectivity index (χ2n) is 7.65. The van der Waals surface area contributed by atoms with E-state index in [0.717, 1.165) is 36.4 Å². The molecule has 2 aliphatic heterocycles. The zero-order valence-corrected chi connectivity index (χ0v) is 15.6. The van der Waals surface area contributed by atoms with E-state index in [1.54, 1.807) is 14.2 Å². The van der Waals surface area contributed by atoms with E-state index >= 15 is 0 Å². The molecule has 2 saturated heterocycles. The number of ether oxygens (including phenoxy) is 2. The molecule has 0 saturated carbocycles. The first-order chi connectivity index (χ1) is 11.3. The molecule has 2 fully saturated rings. The quantitative estimate of drug-likeness (QED) is 0.790. The first-order valence-electron chi connectivity index (χ1n) is 8.58. The summed E-state index contributed by atoms with van der Waals surface area (Å²) >= 11 is 0. The summed E-state index contributed by atoms with van der Waals surface area (Å²) in [6.07, 6.45) is 1.33. The van der Waals surface area contributed by atoms with Gasteiger partial charge in [0, 0.05) is 32.0 Å². The first kappa shape index (κ1) is 17.6. The Morgan fingerprint density at radius 2 is 1.75 bits per heavy atom. The second kappa shape index (κ2) is 6.25. The van der Waals surface area contributed by atoms with Gasteiger partial charge < -0.3 is 23.7 Å². The van der Waals surface area contributed by atoms with Crippen LogP contribution in [0.15, 0.2) is 18.2 Å². The van der Waals surface area contributed by atoms with Gasteiger partial charge in [0.15, 0.2) is 0 Å². The fraction of sp³-hybridized carbons (Fsp3) is 0.667. The number of anilines is 1. The number of nitrogens with zero attached hydrogens (tertiary/aromatic N) is 1. The smallest absolute Gasteiger partial charge is 0.495 e. The summed E-state index contributed by atoms with van der Waals surface area (Å²) in [5.41, 5.74) is 1.41. The summed E-state index contributed by atoms with van der Waals surface area (Å²) in [4.78, 5) is 2.32. The van der Waals surface area contributed by atoms with Crippen molar-refractivity contribution in [3.05, 3.63) is 18.2 Å². The maximum absolute atomic E-state index is 6.19. The number of hydrogen-bond acceptors (Lipinski definition) is 5. The van der Waals surface area contributed by atoms with Crippen molar-refractivity contribution < 1.29 is 18.8 Å². The van der Waals surface area contributed by atoms with Gasteiger partial charge in [0.05, 0.1) is 24.4 Å². The van der Waals surface area contributed by atoms with Crippen molar-refractivity contribution in [1.82, 2.24) is 0 Å². The molecule has 1 aromatic rings. The highest BCUT2D eigenvalue weighted by atomic mass is 16.7. The topological polar surface area (TPSA) is 40.2 Å². The van der Waals surface area contributed by atoms with Crippen LogP contribution in [0.3, 0.4) is 0 Å². The lowest BCUT2D eigenvalue weighted by Crippen LogP contribution is -2.41. The lowest BCUT2D eigenvalue weighted by Gasteiger charge is -2.32. The molecule has 0 radical (unpaired) electrons. The first-order valence-corrected chi connectivity index (χ1v) is 8.58. The van der Waals surface area contributed by atoms with E-state index in [9.17, 15) is 0 Å². The Hall–Kier alpha value is -1.24. The van der Waals surface area contributed by atoms with Crippen LogP contribution >= 0.6 is 0 Å². The molecule has 0 spiro atoms. The lowest BCUT2D eigenvalue weighted by atomic mass is 9.78. The molecule has 6 heteroatoms. The van der Waals surface area contributed by atoms with E-state index in [0.29, 0.717) is 0 Å². The van der Waals surface area contributed by atoms with Crippen LogP contribution < -0.4 is 15.1 Å². The third kappa shape index (κ3) is 3.15. The van der Waals surface area contributed by atoms with E-state index in [1.165, 1.54) is 0 Å². The highest BCUT2D eigenvalue weighted by Crippen LogP contribution is 2.37. The van der Waals surface area contributed by atoms with Gasteiger partial charge >= 0.3 is 7.12 Å². The lowest BCUT2D eigenvalue weighted by molar-refractivity contribution is 0.00578. The van der Waals surface area contributed by atoms with Gasteiger partial charge in [0.25, 0.3) is 0 Å². The number of methoxy groups -OCH3 is 2. The fourth-order valence-corrected chi connectivity index (χ4v) is 3.18. The maximum atomic E-state index is 6.19. The van der Waals surface area contributed by atoms with Crippen LogP contribution in [0.2, 0.25) is 0 Å². The molecular formula is C18H28BNO4. The molecule has 0 N–H and O–H groups in total. The Kier molecular flexibility index (Phi) is 4.58. The van der Waals surface area contributed by atoms with Crippen LogP contribution in [0.1, 0.15) is 34.1 Å². The van der Waals surface area contributed by atoms with Crippen molar-refractivity contribution in [2.24, 2.45) is 0 Å². The van der Waals surface area contributed by atoms with Gasteiger partial charge in [0.2, 0.25) is 0 Å². The van der Waals surface area contributed by atoms with Crippen molar-refractivity contribution in [2.75, 3.05) is 32.2 Å². The van der Waals surface area contributed by atoms with Crippen molar-refractivity contribution in [1.29, 1.82) is 0 Å². The Morgan fingerprint density at radius 3 is 2.29 bits per heavy atom. The molecule has 0 amide bonds. The Bertz CT molecular complexity index is 589. The van der Waals surface area contributed by atoms with Crippen LogP contribution in [0.25, 0.3) is 0 Å². The second-order valence-corrected chi connectivity index (χ2v) is 7.65. The predicted octanol–water partition coefficient (Wildman–Crippen LogP) is 2.22. The molecule has 2 heterocycles. The Morgan fingerprint density at radius 1 is 1.08 bits per heavy atom. The van der Waals surface area contributed by atoms with E-state index in [2.05, 4.69) is 44.7 Å². The minimum Gasteiger partial charge on any atom is -0.497 e. The molecule has 0 aliphatic carbocycles. The SMILES string of the molecule is COc1cc(B2OC(C)(C)C(C)(C)O2)cc(N2CCC(OC)C2)c1. The largest absolute Gasteiger partial charge is 0.497 e. The van der Waals surface area contributed by atoms with Gasteiger partial charge in [-0.1, -0.05) is 0 Å². The normalized spacial score (nSPS) is 25.3. The molecule has 24 heavy (non-hydrogen) atoms. The highest BCUT2D eigenvalue weighted by molar-refractivity contribution is 6.62. The minimum absolute atomic E-state index is 0.288. The third-order valence-corrected chi connectivity index (χ3v) is 5.52. The molecule has 1 atom stereocenters. The fourth-order valence-electron chi connectivity index (χ4n) is 3.18. The molecule has 3 rings (SSSR count). The van der Waals surface area contributed by atoms with Gasteiger partial charge in [-0.15, -0.1) is 0 Å². The van der Waals surface area contributed by atoms with Crippen LogP contribution in [-0.4, -0.2) is 51.7 Å². The number of benzene rings is 1. The average molecular weight is 333 g/mol. The minimum atomic E-state index is -0.385. The average Bonchev–Trinajstić information content (AvgIpc) is 3.09. The summed E-state index contributed by atoms with van der Waals surface area (Å²) in [7, 11) is 3.08. The van der Waals surface area contributed by atoms with E-state index < -0.39 is 0 Å². The Labute approximate surface area is 145 Å². The Balaban J connectivity index is 1.88. The van der Waals surface area contributed by atoms with Crippen LogP contribution in [0.4, 0.5) is 5.69 Å². The standard InChI is InChI=1S/C18H28BNO4/c1-17(2)18(3,4)24-19(23-17)13-9-14(11-16(10-13)22-6)20-8-7-15(12-20)21-5/h9-11,15H,7-8,12H2,1-6H3. The van der Waals surface area contributed by atoms with E-state index in [4.69, 9.17) is 18.8 Å². The summed E-state index contributed by atoms with van der Waals surface area (Å²) in [6.45, 7) is 10.1. The highest BCUT2D eigenvalue weighted by Gasteiger charge is 2.51. The van der Waals surface area contributed by atoms with E-state index in [1.807, 2.05) is 6.07 Å². The van der Waals surface area contributed by atoms with Crippen molar-refractivity contribution >= 4 is 18.3 Å². The summed E-state index contributed by atoms with van der Waals surface area (Å²) in [5.74, 6) is 0.818. The number of hydrogen-bond donors (Lipinski definition) is 0. The van der Waals surface area contributed by atoms with E-state index in [-0.39, 0.29) is 24.4 Å². The van der Waals surface area contributed by atoms with Crippen LogP contribution in [-0.2, 0) is 14.0 Å². The summed E-state index contributed by atoms with van der Waals surface area (Å²) in [5, 5.41) is 0. The molecule has 132 valence electrons. The van der Waals surface area contributed by atoms with Gasteiger partial charge in [0.1, 0.15) is 5.75 Å². The molecular weight excluding hydrogens is 305 g/mol. The monoisotopic (exact) mass is 333 g/mol. The molecule has 5 nitrogen and oxygen atoms in total. The van der Waals surface area contributed by atoms with Gasteiger partial charge in [-0.2, -0.15) is 0 Å². The van der Waals surface area contributed by atoms with Gasteiger partial charge in [-0.25, -0.2) is 0 Å². The molecule has 2 aliphatic rings. The van der Waals surface area contributed by atoms with Crippen LogP contribution in [0.5, 0.6) is 5.75 Å². The summed E-state index contributed by atoms with van der Waals surface area (Å²) < 4.78 is 23.4. The van der Waals surface area contributed by atoms with Crippen molar-refractivity contribution in [2.45, 2.75) is 51.4 Å². The van der Waals surface area contributed by atoms with Gasteiger partial charge in [-0.3, -0.25) is 0 Å². The molecule has 0 aromatic heterocycles. The predicted molar refractivity (Wildman–Crippen MR) is 96.3 cm³/mol. The molecule has 0 bridgehead atoms. The zero-order chi connectivity index (χ0) is 17.5. The van der Waals surface area contributed by atoms with Crippen LogP contribution in [0, 0.1) is 0 Å². The van der Waals surface area contributed by atoms with Gasteiger partial charge in [-0.05, 0) is 51.7 Å². The zero-order valence-electron chi connectivity index (χ0n) is 15.6. The van der Waals surface area contributed by atoms with Crippen molar-refractivity contribution in [3.63, 3.8) is 0 Å². The maximum Gasteiger partial charge on any atom is 0.495 e. The molecule has 1 unspecified atom stereocenters.